The summed E-state index contributed by atoms with van der Waals surface area (Å²) in [6, 6.07) is 5.36. The summed E-state index contributed by atoms with van der Waals surface area (Å²) in [5.74, 6) is 0.115. The van der Waals surface area contributed by atoms with Gasteiger partial charge in [-0.15, -0.1) is 4.68 Å². The Morgan fingerprint density at radius 2 is 1.85 bits per heavy atom. The van der Waals surface area contributed by atoms with Gasteiger partial charge in [0.15, 0.2) is 0 Å². The first-order valence-electron chi connectivity index (χ1n) is 8.39. The second kappa shape index (κ2) is 6.95. The van der Waals surface area contributed by atoms with Crippen LogP contribution >= 0.6 is 0 Å². The number of hydrogen-bond acceptors (Lipinski definition) is 6. The largest absolute Gasteiger partial charge is 0.350 e. The Kier molecular flexibility index (Phi) is 4.83. The van der Waals surface area contributed by atoms with E-state index in [1.165, 1.54) is 0 Å². The number of nitrogens with one attached hydrogen (secondary N) is 1. The van der Waals surface area contributed by atoms with Gasteiger partial charge in [-0.1, -0.05) is 13.8 Å². The van der Waals surface area contributed by atoms with E-state index in [-0.39, 0.29) is 17.3 Å². The van der Waals surface area contributed by atoms with E-state index in [0.717, 1.165) is 16.8 Å². The Balaban J connectivity index is 2.45. The van der Waals surface area contributed by atoms with Crippen LogP contribution in [0.25, 0.3) is 22.2 Å². The second-order valence-electron chi connectivity index (χ2n) is 6.74. The van der Waals surface area contributed by atoms with Gasteiger partial charge in [-0.25, -0.2) is 4.79 Å². The maximum absolute atomic E-state index is 12.7. The van der Waals surface area contributed by atoms with Gasteiger partial charge in [0.25, 0.3) is 5.56 Å². The zero-order valence-corrected chi connectivity index (χ0v) is 16.1. The van der Waals surface area contributed by atoms with Gasteiger partial charge in [0.05, 0.1) is 16.6 Å². The maximum Gasteiger partial charge on any atom is 0.350 e. The fraction of sp³-hybridized carbons (Fsp3) is 0.353. The number of aromatic nitrogens is 4. The molecule has 142 valence electrons. The second-order valence-corrected chi connectivity index (χ2v) is 7.34. The number of fused-ring (bicyclic) bond motifs is 1. The molecule has 1 N–H and O–H groups in total. The molecule has 2 aromatic heterocycles. The molecule has 2 heterocycles. The minimum Gasteiger partial charge on any atom is -0.305 e. The van der Waals surface area contributed by atoms with E-state index >= 15 is 0 Å². The van der Waals surface area contributed by atoms with Gasteiger partial charge in [0.1, 0.15) is 0 Å². The predicted molar refractivity (Wildman–Crippen MR) is 101 cm³/mol. The molecule has 0 fully saturated rings. The van der Waals surface area contributed by atoms with Gasteiger partial charge < -0.3 is 4.98 Å². The first-order valence-corrected chi connectivity index (χ1v) is 9.42. The number of nitrogens with zero attached hydrogens (tertiary/aromatic N) is 4. The molecular weight excluding hydrogens is 370 g/mol. The lowest BCUT2D eigenvalue weighted by molar-refractivity contribution is 0.538. The van der Waals surface area contributed by atoms with Gasteiger partial charge in [0, 0.05) is 17.8 Å². The molecule has 0 aliphatic heterocycles. The Morgan fingerprint density at radius 1 is 1.15 bits per heavy atom. The summed E-state index contributed by atoms with van der Waals surface area (Å²) in [6.07, 6.45) is 1.69. The van der Waals surface area contributed by atoms with Crippen molar-refractivity contribution < 1.29 is 8.42 Å². The quantitative estimate of drug-likeness (QED) is 0.733. The zero-order valence-electron chi connectivity index (χ0n) is 15.3. The van der Waals surface area contributed by atoms with Crippen LogP contribution in [0, 0.1) is 0 Å². The summed E-state index contributed by atoms with van der Waals surface area (Å²) in [5.41, 5.74) is 1.18. The Morgan fingerprint density at radius 3 is 2.44 bits per heavy atom. The highest BCUT2D eigenvalue weighted by atomic mass is 32.2. The number of hydrogen-bond donors (Lipinski definition) is 1. The van der Waals surface area contributed by atoms with Crippen molar-refractivity contribution in [1.82, 2.24) is 19.4 Å². The molecule has 0 atom stereocenters. The summed E-state index contributed by atoms with van der Waals surface area (Å²) in [7, 11) is -2.93. The van der Waals surface area contributed by atoms with Crippen LogP contribution in [0.1, 0.15) is 45.2 Å². The standard InChI is InChI=1S/C17H19N5O4S/c1-9(2)11-8-14-13(16(23)22(17(24)19-14)20-27(25)26)7-12(11)15-5-6-18-21(15)10(3)4/h5-10H,1-4H3,(H,19,24). The van der Waals surface area contributed by atoms with Crippen molar-refractivity contribution in [2.24, 2.45) is 4.47 Å². The van der Waals surface area contributed by atoms with Gasteiger partial charge >= 0.3 is 16.2 Å². The third-order valence-electron chi connectivity index (χ3n) is 4.25. The van der Waals surface area contributed by atoms with Crippen LogP contribution < -0.4 is 11.2 Å². The molecule has 0 amide bonds. The van der Waals surface area contributed by atoms with E-state index in [4.69, 9.17) is 0 Å². The fourth-order valence-corrected chi connectivity index (χ4v) is 3.33. The average molecular weight is 389 g/mol. The third-order valence-corrected chi connectivity index (χ3v) is 4.55. The summed E-state index contributed by atoms with van der Waals surface area (Å²) >= 11 is 0. The molecule has 9 nitrogen and oxygen atoms in total. The molecule has 27 heavy (non-hydrogen) atoms. The van der Waals surface area contributed by atoms with Crippen LogP contribution in [0.15, 0.2) is 38.5 Å². The first-order chi connectivity index (χ1) is 12.7. The zero-order chi connectivity index (χ0) is 19.9. The molecule has 10 heteroatoms. The molecule has 1 aromatic carbocycles. The number of benzene rings is 1. The van der Waals surface area contributed by atoms with Gasteiger partial charge in [-0.05, 0) is 48.0 Å². The summed E-state index contributed by atoms with van der Waals surface area (Å²) in [6.45, 7) is 8.02. The first kappa shape index (κ1) is 18.8. The fourth-order valence-electron chi connectivity index (χ4n) is 3.05. The smallest absolute Gasteiger partial charge is 0.305 e. The number of aromatic amines is 1. The number of rotatable bonds is 4. The van der Waals surface area contributed by atoms with E-state index in [1.807, 2.05) is 38.4 Å². The molecule has 0 aliphatic carbocycles. The number of H-pyrrole nitrogens is 1. The van der Waals surface area contributed by atoms with Crippen LogP contribution in [0.5, 0.6) is 0 Å². The molecule has 3 aromatic rings. The van der Waals surface area contributed by atoms with Crippen molar-refractivity contribution in [3.63, 3.8) is 0 Å². The van der Waals surface area contributed by atoms with Crippen molar-refractivity contribution >= 4 is 21.4 Å². The molecule has 0 radical (unpaired) electrons. The van der Waals surface area contributed by atoms with Crippen LogP contribution in [-0.4, -0.2) is 27.9 Å². The van der Waals surface area contributed by atoms with Crippen LogP contribution in [0.2, 0.25) is 0 Å². The molecule has 0 bridgehead atoms. The van der Waals surface area contributed by atoms with Crippen molar-refractivity contribution in [1.29, 1.82) is 0 Å². The van der Waals surface area contributed by atoms with E-state index in [1.54, 1.807) is 18.3 Å². The lowest BCUT2D eigenvalue weighted by atomic mass is 9.93. The normalized spacial score (nSPS) is 11.5. The van der Waals surface area contributed by atoms with Crippen molar-refractivity contribution in [2.45, 2.75) is 39.7 Å². The van der Waals surface area contributed by atoms with E-state index in [2.05, 4.69) is 14.6 Å². The summed E-state index contributed by atoms with van der Waals surface area (Å²) in [4.78, 5) is 27.2. The van der Waals surface area contributed by atoms with Crippen LogP contribution in [-0.2, 0) is 10.5 Å². The molecule has 0 saturated heterocycles. The SMILES string of the molecule is CC(C)c1cc2[nH]c(=O)n(N=S(=O)=O)c(=O)c2cc1-c1ccnn1C(C)C. The van der Waals surface area contributed by atoms with Gasteiger partial charge in [-0.3, -0.25) is 9.48 Å². The molecule has 0 spiro atoms. The molecule has 3 rings (SSSR count). The Bertz CT molecular complexity index is 1270. The van der Waals surface area contributed by atoms with Crippen LogP contribution in [0.3, 0.4) is 0 Å². The summed E-state index contributed by atoms with van der Waals surface area (Å²) in [5, 5.41) is 4.51. The third kappa shape index (κ3) is 3.35. The molecular formula is C17H19N5O4S. The van der Waals surface area contributed by atoms with Crippen molar-refractivity contribution in [3.8, 4) is 11.3 Å². The maximum atomic E-state index is 12.7. The Hall–Kier alpha value is -3.01. The molecule has 0 unspecified atom stereocenters. The topological polar surface area (TPSA) is 119 Å². The van der Waals surface area contributed by atoms with Crippen LogP contribution in [0.4, 0.5) is 0 Å². The minimum absolute atomic E-state index is 0.107. The highest BCUT2D eigenvalue weighted by molar-refractivity contribution is 7.61. The van der Waals surface area contributed by atoms with E-state index in [9.17, 15) is 18.0 Å². The van der Waals surface area contributed by atoms with Gasteiger partial charge in [-0.2, -0.15) is 13.5 Å². The average Bonchev–Trinajstić information content (AvgIpc) is 3.07. The van der Waals surface area contributed by atoms with Crippen molar-refractivity contribution in [3.05, 3.63) is 50.8 Å². The predicted octanol–water partition coefficient (Wildman–Crippen LogP) is 2.08. The summed E-state index contributed by atoms with van der Waals surface area (Å²) < 4.78 is 26.9. The monoisotopic (exact) mass is 389 g/mol. The molecule has 0 aliphatic rings. The van der Waals surface area contributed by atoms with Gasteiger partial charge in [0.2, 0.25) is 0 Å². The van der Waals surface area contributed by atoms with Crippen molar-refractivity contribution in [2.75, 3.05) is 0 Å². The Labute approximate surface area is 156 Å². The lowest BCUT2D eigenvalue weighted by Crippen LogP contribution is -2.32. The van der Waals surface area contributed by atoms with E-state index in [0.29, 0.717) is 10.2 Å². The minimum atomic E-state index is -2.93. The highest BCUT2D eigenvalue weighted by Crippen LogP contribution is 2.32. The lowest BCUT2D eigenvalue weighted by Gasteiger charge is -2.17. The highest BCUT2D eigenvalue weighted by Gasteiger charge is 2.18. The van der Waals surface area contributed by atoms with E-state index < -0.39 is 21.7 Å². The molecule has 0 saturated carbocycles.